The number of anilines is 1. The first-order valence-electron chi connectivity index (χ1n) is 5.32. The summed E-state index contributed by atoms with van der Waals surface area (Å²) in [6, 6.07) is 8.70. The van der Waals surface area contributed by atoms with Gasteiger partial charge in [0.2, 0.25) is 0 Å². The van der Waals surface area contributed by atoms with E-state index in [1.54, 1.807) is 18.2 Å². The van der Waals surface area contributed by atoms with Gasteiger partial charge in [-0.3, -0.25) is 4.98 Å². The van der Waals surface area contributed by atoms with Gasteiger partial charge in [0.25, 0.3) is 0 Å². The highest BCUT2D eigenvalue weighted by Gasteiger charge is 1.99. The third-order valence-corrected chi connectivity index (χ3v) is 2.48. The van der Waals surface area contributed by atoms with Crippen LogP contribution >= 0.6 is 0 Å². The molecule has 0 aliphatic carbocycles. The second-order valence-corrected chi connectivity index (χ2v) is 3.86. The summed E-state index contributed by atoms with van der Waals surface area (Å²) in [5, 5.41) is 21.7. The second kappa shape index (κ2) is 4.74. The molecule has 3 N–H and O–H groups in total. The topological polar surface area (TPSA) is 65.4 Å². The number of nitrogens with zero attached hydrogens (tertiary/aromatic N) is 1. The number of rotatable bonds is 3. The average Bonchev–Trinajstić information content (AvgIpc) is 2.33. The number of pyridine rings is 1. The number of phenolic OH excluding ortho intramolecular Hbond substituents is 1. The summed E-state index contributed by atoms with van der Waals surface area (Å²) >= 11 is 0. The molecule has 0 aliphatic heterocycles. The zero-order valence-corrected chi connectivity index (χ0v) is 9.51. The molecule has 0 atom stereocenters. The normalized spacial score (nSPS) is 10.2. The van der Waals surface area contributed by atoms with E-state index < -0.39 is 0 Å². The van der Waals surface area contributed by atoms with Crippen LogP contribution in [0.2, 0.25) is 0 Å². The first-order valence-corrected chi connectivity index (χ1v) is 5.32. The number of aromatic nitrogens is 1. The molecule has 0 fully saturated rings. The van der Waals surface area contributed by atoms with Crippen LogP contribution in [0.25, 0.3) is 0 Å². The van der Waals surface area contributed by atoms with Gasteiger partial charge < -0.3 is 15.5 Å². The van der Waals surface area contributed by atoms with Gasteiger partial charge in [-0.1, -0.05) is 0 Å². The van der Waals surface area contributed by atoms with Crippen molar-refractivity contribution in [3.8, 4) is 11.5 Å². The Morgan fingerprint density at radius 1 is 1.18 bits per heavy atom. The Morgan fingerprint density at radius 3 is 2.65 bits per heavy atom. The lowest BCUT2D eigenvalue weighted by molar-refractivity contribution is 0.471. The molecular weight excluding hydrogens is 216 g/mol. The van der Waals surface area contributed by atoms with Crippen LogP contribution in [0.15, 0.2) is 36.5 Å². The lowest BCUT2D eigenvalue weighted by atomic mass is 10.2. The van der Waals surface area contributed by atoms with Gasteiger partial charge in [0.1, 0.15) is 11.5 Å². The lowest BCUT2D eigenvalue weighted by Crippen LogP contribution is -2.01. The lowest BCUT2D eigenvalue weighted by Gasteiger charge is -2.07. The summed E-state index contributed by atoms with van der Waals surface area (Å²) in [6.07, 6.45) is 1.42. The maximum absolute atomic E-state index is 9.39. The van der Waals surface area contributed by atoms with E-state index in [1.165, 1.54) is 6.20 Å². The number of hydrogen-bond acceptors (Lipinski definition) is 4. The molecule has 4 heteroatoms. The average molecular weight is 230 g/mol. The van der Waals surface area contributed by atoms with Crippen LogP contribution in [0.1, 0.15) is 11.3 Å². The van der Waals surface area contributed by atoms with Crippen LogP contribution in [0, 0.1) is 6.92 Å². The smallest absolute Gasteiger partial charge is 0.133 e. The molecule has 0 radical (unpaired) electrons. The van der Waals surface area contributed by atoms with Crippen molar-refractivity contribution in [2.24, 2.45) is 0 Å². The Bertz CT molecular complexity index is 509. The number of aryl methyl sites for hydroxylation is 1. The van der Waals surface area contributed by atoms with Crippen molar-refractivity contribution >= 4 is 5.69 Å². The highest BCUT2D eigenvalue weighted by Crippen LogP contribution is 2.20. The molecule has 2 rings (SSSR count). The zero-order valence-electron chi connectivity index (χ0n) is 9.51. The highest BCUT2D eigenvalue weighted by molar-refractivity contribution is 5.50. The van der Waals surface area contributed by atoms with Crippen molar-refractivity contribution in [1.29, 1.82) is 0 Å². The van der Waals surface area contributed by atoms with Crippen LogP contribution < -0.4 is 5.32 Å². The van der Waals surface area contributed by atoms with Crippen molar-refractivity contribution in [3.63, 3.8) is 0 Å². The van der Waals surface area contributed by atoms with Gasteiger partial charge >= 0.3 is 0 Å². The fraction of sp³-hybridized carbons (Fsp3) is 0.154. The Hall–Kier alpha value is -2.23. The van der Waals surface area contributed by atoms with E-state index in [1.807, 2.05) is 19.1 Å². The summed E-state index contributed by atoms with van der Waals surface area (Å²) in [5.41, 5.74) is 2.59. The van der Waals surface area contributed by atoms with Gasteiger partial charge in [-0.15, -0.1) is 0 Å². The van der Waals surface area contributed by atoms with Crippen LogP contribution in [-0.2, 0) is 6.54 Å². The first kappa shape index (κ1) is 11.3. The predicted octanol–water partition coefficient (Wildman–Crippen LogP) is 2.41. The Kier molecular flexibility index (Phi) is 3.14. The van der Waals surface area contributed by atoms with Gasteiger partial charge in [-0.25, -0.2) is 0 Å². The van der Waals surface area contributed by atoms with Crippen molar-refractivity contribution in [2.45, 2.75) is 13.5 Å². The molecule has 1 heterocycles. The summed E-state index contributed by atoms with van der Waals surface area (Å²) in [4.78, 5) is 4.07. The zero-order chi connectivity index (χ0) is 12.3. The summed E-state index contributed by atoms with van der Waals surface area (Å²) in [6.45, 7) is 2.42. The molecule has 88 valence electrons. The van der Waals surface area contributed by atoms with Crippen molar-refractivity contribution in [3.05, 3.63) is 47.8 Å². The molecule has 0 spiro atoms. The number of phenols is 1. The van der Waals surface area contributed by atoms with Crippen LogP contribution in [0.5, 0.6) is 11.5 Å². The highest BCUT2D eigenvalue weighted by atomic mass is 16.3. The molecule has 0 unspecified atom stereocenters. The van der Waals surface area contributed by atoms with E-state index in [-0.39, 0.29) is 5.75 Å². The van der Waals surface area contributed by atoms with E-state index in [0.717, 1.165) is 16.9 Å². The maximum atomic E-state index is 9.39. The quantitative estimate of drug-likeness (QED) is 0.708. The van der Waals surface area contributed by atoms with Crippen molar-refractivity contribution in [1.82, 2.24) is 4.98 Å². The van der Waals surface area contributed by atoms with E-state index in [2.05, 4.69) is 10.3 Å². The minimum Gasteiger partial charge on any atom is -0.508 e. The minimum absolute atomic E-state index is 0.161. The van der Waals surface area contributed by atoms with E-state index in [9.17, 15) is 5.11 Å². The van der Waals surface area contributed by atoms with Crippen molar-refractivity contribution in [2.75, 3.05) is 5.32 Å². The molecule has 0 saturated heterocycles. The van der Waals surface area contributed by atoms with Crippen LogP contribution in [0.4, 0.5) is 5.69 Å². The van der Waals surface area contributed by atoms with E-state index in [4.69, 9.17) is 5.11 Å². The molecule has 1 aromatic carbocycles. The molecule has 17 heavy (non-hydrogen) atoms. The van der Waals surface area contributed by atoms with Gasteiger partial charge in [-0.05, 0) is 42.8 Å². The summed E-state index contributed by atoms with van der Waals surface area (Å²) < 4.78 is 0. The van der Waals surface area contributed by atoms with Gasteiger partial charge in [0.05, 0.1) is 18.4 Å². The third-order valence-electron chi connectivity index (χ3n) is 2.48. The Morgan fingerprint density at radius 2 is 2.00 bits per heavy atom. The number of nitrogens with one attached hydrogen (secondary N) is 1. The SMILES string of the molecule is Cc1cc(NCc2ccc(O)cn2)ccc1O. The van der Waals surface area contributed by atoms with E-state index in [0.29, 0.717) is 12.3 Å². The molecule has 0 bridgehead atoms. The molecule has 1 aromatic heterocycles. The first-order chi connectivity index (χ1) is 8.15. The number of hydrogen-bond donors (Lipinski definition) is 3. The standard InChI is InChI=1S/C13H14N2O2/c1-9-6-10(3-5-13(9)17)14-7-11-2-4-12(16)8-15-11/h2-6,8,14,16-17H,7H2,1H3. The molecule has 0 aliphatic rings. The minimum atomic E-state index is 0.161. The summed E-state index contributed by atoms with van der Waals surface area (Å²) in [7, 11) is 0. The second-order valence-electron chi connectivity index (χ2n) is 3.86. The van der Waals surface area contributed by atoms with Crippen LogP contribution in [-0.4, -0.2) is 15.2 Å². The van der Waals surface area contributed by atoms with Gasteiger partial charge in [0, 0.05) is 5.69 Å². The maximum Gasteiger partial charge on any atom is 0.133 e. The Balaban J connectivity index is 2.02. The van der Waals surface area contributed by atoms with E-state index >= 15 is 0 Å². The Labute approximate surface area is 99.6 Å². The monoisotopic (exact) mass is 230 g/mol. The molecule has 2 aromatic rings. The predicted molar refractivity (Wildman–Crippen MR) is 66.1 cm³/mol. The molecule has 4 nitrogen and oxygen atoms in total. The fourth-order valence-electron chi connectivity index (χ4n) is 1.48. The third kappa shape index (κ3) is 2.87. The fourth-order valence-corrected chi connectivity index (χ4v) is 1.48. The number of benzene rings is 1. The van der Waals surface area contributed by atoms with Gasteiger partial charge in [-0.2, -0.15) is 0 Å². The molecular formula is C13H14N2O2. The van der Waals surface area contributed by atoms with Crippen molar-refractivity contribution < 1.29 is 10.2 Å². The van der Waals surface area contributed by atoms with Crippen LogP contribution in [0.3, 0.4) is 0 Å². The number of aromatic hydroxyl groups is 2. The molecule has 0 amide bonds. The largest absolute Gasteiger partial charge is 0.508 e. The summed E-state index contributed by atoms with van der Waals surface area (Å²) in [5.74, 6) is 0.451. The van der Waals surface area contributed by atoms with Gasteiger partial charge in [0.15, 0.2) is 0 Å². The molecule has 0 saturated carbocycles.